The minimum absolute atomic E-state index is 0.0364. The molecule has 3 fully saturated rings. The molecule has 9 heteroatoms. The fourth-order valence-electron chi connectivity index (χ4n) is 6.87. The van der Waals surface area contributed by atoms with Crippen LogP contribution in [-0.2, 0) is 16.4 Å². The number of fused-ring (bicyclic) bond motifs is 1. The van der Waals surface area contributed by atoms with E-state index >= 15 is 0 Å². The molecule has 5 nitrogen and oxygen atoms in total. The number of hydrogen-bond donors (Lipinski definition) is 2. The van der Waals surface area contributed by atoms with E-state index in [4.69, 9.17) is 0 Å². The van der Waals surface area contributed by atoms with Crippen molar-refractivity contribution in [2.75, 3.05) is 25.0 Å². The van der Waals surface area contributed by atoms with E-state index in [2.05, 4.69) is 22.4 Å². The Hall–Kier alpha value is -2.96. The zero-order valence-corrected chi connectivity index (χ0v) is 21.7. The van der Waals surface area contributed by atoms with Gasteiger partial charge in [0.15, 0.2) is 0 Å². The lowest BCUT2D eigenvalue weighted by Gasteiger charge is -2.34. The van der Waals surface area contributed by atoms with Gasteiger partial charge in [-0.05, 0) is 105 Å². The van der Waals surface area contributed by atoms with Crippen molar-refractivity contribution in [2.45, 2.75) is 62.6 Å². The summed E-state index contributed by atoms with van der Waals surface area (Å²) in [6, 6.07) is 12.5. The minimum atomic E-state index is -4.86. The molecular weight excluding hydrogens is 510 g/mol. The maximum atomic E-state index is 13.8. The largest absolute Gasteiger partial charge is 0.419 e. The quantitative estimate of drug-likeness (QED) is 0.408. The summed E-state index contributed by atoms with van der Waals surface area (Å²) < 4.78 is 53.5. The van der Waals surface area contributed by atoms with Crippen LogP contribution in [0.3, 0.4) is 0 Å². The average Bonchev–Trinajstić information content (AvgIpc) is 3.51. The third-order valence-corrected chi connectivity index (χ3v) is 9.03. The van der Waals surface area contributed by atoms with E-state index in [1.54, 1.807) is 6.07 Å². The minimum Gasteiger partial charge on any atom is -0.392 e. The molecule has 2 aliphatic carbocycles. The molecule has 2 N–H and O–H groups in total. The molecule has 0 bridgehead atoms. The van der Waals surface area contributed by atoms with Crippen LogP contribution in [0.1, 0.15) is 61.6 Å². The molecule has 5 rings (SSSR count). The van der Waals surface area contributed by atoms with Crippen molar-refractivity contribution in [1.82, 2.24) is 4.90 Å². The average molecular weight is 544 g/mol. The van der Waals surface area contributed by atoms with Gasteiger partial charge in [-0.1, -0.05) is 12.1 Å². The number of anilines is 1. The number of nitrogens with one attached hydrogen (secondary N) is 1. The Morgan fingerprint density at radius 3 is 2.74 bits per heavy atom. The number of benzene rings is 2. The molecule has 0 spiro atoms. The maximum Gasteiger partial charge on any atom is 0.419 e. The normalized spacial score (nSPS) is 27.4. The molecule has 208 valence electrons. The van der Waals surface area contributed by atoms with Crippen LogP contribution in [0.25, 0.3) is 0 Å². The van der Waals surface area contributed by atoms with Gasteiger partial charge in [0.25, 0.3) is 0 Å². The smallest absolute Gasteiger partial charge is 0.392 e. The number of halogens is 4. The molecule has 2 aromatic rings. The Morgan fingerprint density at radius 2 is 2.05 bits per heavy atom. The highest BCUT2D eigenvalue weighted by Crippen LogP contribution is 2.64. The number of alkyl halides is 3. The van der Waals surface area contributed by atoms with Crippen LogP contribution < -0.4 is 5.32 Å². The van der Waals surface area contributed by atoms with Crippen LogP contribution in [0.15, 0.2) is 42.5 Å². The summed E-state index contributed by atoms with van der Waals surface area (Å²) in [7, 11) is 0. The van der Waals surface area contributed by atoms with E-state index in [1.807, 2.05) is 12.1 Å². The van der Waals surface area contributed by atoms with Crippen LogP contribution in [0.5, 0.6) is 0 Å². The van der Waals surface area contributed by atoms with Crippen molar-refractivity contribution in [1.29, 1.82) is 5.26 Å². The number of carbonyl (C=O) groups excluding carboxylic acids is 1. The zero-order valence-electron chi connectivity index (χ0n) is 21.7. The summed E-state index contributed by atoms with van der Waals surface area (Å²) in [5.41, 5.74) is 0.381. The lowest BCUT2D eigenvalue weighted by molar-refractivity contribution is -0.140. The third-order valence-electron chi connectivity index (χ3n) is 9.03. The second-order valence-electron chi connectivity index (χ2n) is 11.5. The SMILES string of the molecule is N#Cc1cccc([C@]23CC[C@@H](C(CCCN4CC[C@@H](O)C4)C(=O)Nc4ccc(F)c(C(F)(F)F)c4)CC2C3)c1. The zero-order chi connectivity index (χ0) is 27.8. The van der Waals surface area contributed by atoms with Crippen molar-refractivity contribution in [3.63, 3.8) is 0 Å². The summed E-state index contributed by atoms with van der Waals surface area (Å²) in [6.45, 7) is 2.17. The molecular formula is C30H33F4N3O2. The molecule has 1 heterocycles. The van der Waals surface area contributed by atoms with E-state index in [9.17, 15) is 32.7 Å². The molecule has 2 saturated carbocycles. The summed E-state index contributed by atoms with van der Waals surface area (Å²) >= 11 is 0. The van der Waals surface area contributed by atoms with Gasteiger partial charge in [-0.25, -0.2) is 4.39 Å². The number of likely N-dealkylation sites (tertiary alicyclic amines) is 1. The van der Waals surface area contributed by atoms with Crippen LogP contribution >= 0.6 is 0 Å². The van der Waals surface area contributed by atoms with Gasteiger partial charge in [-0.3, -0.25) is 4.79 Å². The summed E-state index contributed by atoms with van der Waals surface area (Å²) in [5.74, 6) is -1.61. The summed E-state index contributed by atoms with van der Waals surface area (Å²) in [6.07, 6.45) is 0.421. The van der Waals surface area contributed by atoms with Gasteiger partial charge in [-0.2, -0.15) is 18.4 Å². The highest BCUT2D eigenvalue weighted by molar-refractivity contribution is 5.92. The monoisotopic (exact) mass is 543 g/mol. The predicted molar refractivity (Wildman–Crippen MR) is 138 cm³/mol. The topological polar surface area (TPSA) is 76.4 Å². The van der Waals surface area contributed by atoms with E-state index in [1.165, 1.54) is 11.6 Å². The molecule has 39 heavy (non-hydrogen) atoms. The Balaban J connectivity index is 1.29. The predicted octanol–water partition coefficient (Wildman–Crippen LogP) is 5.88. The van der Waals surface area contributed by atoms with Crippen LogP contribution in [-0.4, -0.2) is 41.7 Å². The van der Waals surface area contributed by atoms with Gasteiger partial charge in [0, 0.05) is 24.7 Å². The lowest BCUT2D eigenvalue weighted by Crippen LogP contribution is -2.34. The standard InChI is InChI=1S/C30H33F4N3O2/c31-27-7-6-23(15-26(27)30(32,33)34)36-28(39)25(5-2-11-37-12-9-24(38)18-37)20-8-10-29(16-22(29)14-20)21-4-1-3-19(13-21)17-35/h1,3-4,6-7,13,15,20,22,24-25,38H,2,5,8-12,14,16,18H2,(H,36,39)/t20-,22?,24-,25?,29-/m1/s1. The van der Waals surface area contributed by atoms with E-state index in [0.717, 1.165) is 57.7 Å². The van der Waals surface area contributed by atoms with Crippen molar-refractivity contribution in [2.24, 2.45) is 17.8 Å². The van der Waals surface area contributed by atoms with Gasteiger partial charge < -0.3 is 15.3 Å². The lowest BCUT2D eigenvalue weighted by atomic mass is 9.72. The van der Waals surface area contributed by atoms with E-state index in [-0.39, 0.29) is 34.9 Å². The maximum absolute atomic E-state index is 13.8. The molecule has 0 aromatic heterocycles. The molecule has 1 amide bonds. The first-order valence-electron chi connectivity index (χ1n) is 13.7. The van der Waals surface area contributed by atoms with Crippen molar-refractivity contribution >= 4 is 11.6 Å². The summed E-state index contributed by atoms with van der Waals surface area (Å²) in [5, 5.41) is 21.8. The number of hydrogen-bond acceptors (Lipinski definition) is 4. The Morgan fingerprint density at radius 1 is 1.23 bits per heavy atom. The van der Waals surface area contributed by atoms with Crippen LogP contribution in [0, 0.1) is 34.9 Å². The fraction of sp³-hybridized carbons (Fsp3) is 0.533. The molecule has 1 saturated heterocycles. The number of aliphatic hydroxyl groups is 1. The van der Waals surface area contributed by atoms with Crippen LogP contribution in [0.4, 0.5) is 23.2 Å². The Bertz CT molecular complexity index is 1260. The second kappa shape index (κ2) is 10.9. The number of nitriles is 1. The Kier molecular flexibility index (Phi) is 7.71. The second-order valence-corrected chi connectivity index (χ2v) is 11.5. The third kappa shape index (κ3) is 5.97. The van der Waals surface area contributed by atoms with Crippen LogP contribution in [0.2, 0.25) is 0 Å². The van der Waals surface area contributed by atoms with Crippen molar-refractivity contribution in [3.05, 3.63) is 65.0 Å². The number of β-amino-alcohol motifs (C(OH)–C–C–N with tert-alkyl or cyclic N) is 1. The van der Waals surface area contributed by atoms with Gasteiger partial charge in [0.05, 0.1) is 23.3 Å². The van der Waals surface area contributed by atoms with Crippen molar-refractivity contribution < 1.29 is 27.5 Å². The van der Waals surface area contributed by atoms with Gasteiger partial charge in [-0.15, -0.1) is 0 Å². The van der Waals surface area contributed by atoms with Gasteiger partial charge in [0.1, 0.15) is 5.82 Å². The number of carbonyl (C=O) groups is 1. The first-order valence-corrected chi connectivity index (χ1v) is 13.7. The molecule has 0 radical (unpaired) electrons. The number of aliphatic hydroxyl groups excluding tert-OH is 1. The summed E-state index contributed by atoms with van der Waals surface area (Å²) in [4.78, 5) is 15.7. The molecule has 1 aliphatic heterocycles. The first-order chi connectivity index (χ1) is 18.6. The number of rotatable bonds is 8. The van der Waals surface area contributed by atoms with Gasteiger partial charge in [0.2, 0.25) is 5.91 Å². The highest BCUT2D eigenvalue weighted by Gasteiger charge is 2.58. The van der Waals surface area contributed by atoms with Gasteiger partial charge >= 0.3 is 6.18 Å². The number of nitrogens with zero attached hydrogens (tertiary/aromatic N) is 2. The Labute approximate surface area is 225 Å². The molecule has 3 aliphatic rings. The van der Waals surface area contributed by atoms with E-state index < -0.39 is 17.6 Å². The van der Waals surface area contributed by atoms with E-state index in [0.29, 0.717) is 30.5 Å². The fourth-order valence-corrected chi connectivity index (χ4v) is 6.87. The molecule has 5 atom stereocenters. The molecule has 2 aromatic carbocycles. The first kappa shape index (κ1) is 27.6. The van der Waals surface area contributed by atoms with Crippen molar-refractivity contribution in [3.8, 4) is 6.07 Å². The molecule has 2 unspecified atom stereocenters. The highest BCUT2D eigenvalue weighted by atomic mass is 19.4. The number of amides is 1.